The summed E-state index contributed by atoms with van der Waals surface area (Å²) in [7, 11) is 0. The number of carbonyl (C=O) groups excluding carboxylic acids is 1. The van der Waals surface area contributed by atoms with Gasteiger partial charge in [0.15, 0.2) is 18.4 Å². The summed E-state index contributed by atoms with van der Waals surface area (Å²) in [5, 5.41) is 72.2. The van der Waals surface area contributed by atoms with Gasteiger partial charge in [0.25, 0.3) is 0 Å². The number of hydrogen-bond donors (Lipinski definition) is 7. The van der Waals surface area contributed by atoms with Gasteiger partial charge in [-0.05, 0) is 53.9 Å². The lowest BCUT2D eigenvalue weighted by molar-refractivity contribution is -0.377. The van der Waals surface area contributed by atoms with E-state index in [1.54, 1.807) is 0 Å². The fourth-order valence-electron chi connectivity index (χ4n) is 8.59. The van der Waals surface area contributed by atoms with Crippen LogP contribution < -0.4 is 0 Å². The average molecular weight is 627 g/mol. The number of hydrogen-bond acceptors (Lipinski definition) is 12. The quantitative estimate of drug-likeness (QED) is 0.147. The van der Waals surface area contributed by atoms with E-state index in [0.717, 1.165) is 24.8 Å². The van der Waals surface area contributed by atoms with Gasteiger partial charge in [-0.1, -0.05) is 39.8 Å². The Hall–Kier alpha value is -1.29. The molecule has 2 saturated carbocycles. The Morgan fingerprint density at radius 3 is 2.09 bits per heavy atom. The third-order valence-electron chi connectivity index (χ3n) is 11.5. The number of allylic oxidation sites excluding steroid dienone is 3. The van der Waals surface area contributed by atoms with E-state index in [9.17, 15) is 40.5 Å². The van der Waals surface area contributed by atoms with Gasteiger partial charge in [-0.15, -0.1) is 6.58 Å². The molecule has 0 spiro atoms. The third-order valence-corrected chi connectivity index (χ3v) is 11.5. The molecule has 2 aliphatic heterocycles. The van der Waals surface area contributed by atoms with Gasteiger partial charge >= 0.3 is 0 Å². The van der Waals surface area contributed by atoms with Crippen LogP contribution in [0.15, 0.2) is 24.3 Å². The molecule has 0 aromatic carbocycles. The fourth-order valence-corrected chi connectivity index (χ4v) is 8.59. The van der Waals surface area contributed by atoms with Crippen LogP contribution in [0, 0.1) is 28.1 Å². The topological polar surface area (TPSA) is 196 Å². The molecular formula is C32H50O12. The molecule has 0 aromatic rings. The molecule has 0 aromatic heterocycles. The number of fused-ring (bicyclic) bond motifs is 3. The first-order valence-corrected chi connectivity index (χ1v) is 15.7. The van der Waals surface area contributed by atoms with Crippen LogP contribution in [0.3, 0.4) is 0 Å². The van der Waals surface area contributed by atoms with Gasteiger partial charge < -0.3 is 54.7 Å². The number of ketones is 1. The molecule has 250 valence electrons. The van der Waals surface area contributed by atoms with Crippen molar-refractivity contribution in [3.8, 4) is 0 Å². The van der Waals surface area contributed by atoms with Crippen molar-refractivity contribution in [1.29, 1.82) is 0 Å². The third kappa shape index (κ3) is 5.64. The molecule has 44 heavy (non-hydrogen) atoms. The minimum absolute atomic E-state index is 0.0333. The SMILES string of the molecule is C=C[C@]1(C)C=C2C(=O)C[C@H]3C(C)(C)[C@@H](O[C@@H]4O[C@H](CO)[C@H](O)[C@H](O)[C@H]4O[C@@H]4O[C@H](CO)[C@H](O)[C@H](O)[C@H]4O)CC[C@]3(C)[C@H]2CC1. The fraction of sp³-hybridized carbons (Fsp3) is 0.844. The van der Waals surface area contributed by atoms with Gasteiger partial charge in [-0.2, -0.15) is 0 Å². The zero-order valence-electron chi connectivity index (χ0n) is 26.0. The van der Waals surface area contributed by atoms with Gasteiger partial charge in [0.1, 0.15) is 48.8 Å². The summed E-state index contributed by atoms with van der Waals surface area (Å²) >= 11 is 0. The molecule has 3 aliphatic carbocycles. The number of aliphatic hydroxyl groups excluding tert-OH is 7. The smallest absolute Gasteiger partial charge is 0.187 e. The van der Waals surface area contributed by atoms with Crippen LogP contribution in [-0.2, 0) is 23.7 Å². The first-order valence-electron chi connectivity index (χ1n) is 15.7. The number of Topliss-reactive ketones (excluding diaryl/α,β-unsaturated/α-hetero) is 1. The van der Waals surface area contributed by atoms with E-state index in [2.05, 4.69) is 40.3 Å². The van der Waals surface area contributed by atoms with Crippen molar-refractivity contribution in [2.75, 3.05) is 13.2 Å². The van der Waals surface area contributed by atoms with Crippen LogP contribution in [0.5, 0.6) is 0 Å². The molecule has 4 fully saturated rings. The number of aliphatic hydroxyl groups is 7. The minimum atomic E-state index is -1.76. The Labute approximate surface area is 258 Å². The van der Waals surface area contributed by atoms with Gasteiger partial charge in [0.05, 0.1) is 19.3 Å². The van der Waals surface area contributed by atoms with E-state index in [1.807, 2.05) is 6.08 Å². The first kappa shape index (κ1) is 34.1. The Morgan fingerprint density at radius 2 is 1.48 bits per heavy atom. The Bertz CT molecular complexity index is 1110. The molecule has 0 bridgehead atoms. The molecule has 2 heterocycles. The maximum absolute atomic E-state index is 13.6. The van der Waals surface area contributed by atoms with Crippen LogP contribution in [0.1, 0.15) is 59.8 Å². The van der Waals surface area contributed by atoms with Crippen LogP contribution in [0.2, 0.25) is 0 Å². The van der Waals surface area contributed by atoms with E-state index >= 15 is 0 Å². The highest BCUT2D eigenvalue weighted by molar-refractivity contribution is 5.97. The van der Waals surface area contributed by atoms with E-state index in [4.69, 9.17) is 18.9 Å². The summed E-state index contributed by atoms with van der Waals surface area (Å²) in [6.07, 6.45) is -8.09. The summed E-state index contributed by atoms with van der Waals surface area (Å²) in [6.45, 7) is 11.2. The van der Waals surface area contributed by atoms with E-state index in [-0.39, 0.29) is 28.4 Å². The van der Waals surface area contributed by atoms with Crippen LogP contribution in [-0.4, -0.2) is 122 Å². The van der Waals surface area contributed by atoms with Crippen molar-refractivity contribution in [3.63, 3.8) is 0 Å². The monoisotopic (exact) mass is 626 g/mol. The largest absolute Gasteiger partial charge is 0.394 e. The zero-order chi connectivity index (χ0) is 32.4. The highest BCUT2D eigenvalue weighted by atomic mass is 16.8. The second kappa shape index (κ2) is 12.4. The molecule has 0 radical (unpaired) electrons. The molecule has 15 atom stereocenters. The van der Waals surface area contributed by atoms with E-state index in [1.165, 1.54) is 0 Å². The van der Waals surface area contributed by atoms with Gasteiger partial charge in [0.2, 0.25) is 0 Å². The molecule has 12 heteroatoms. The zero-order valence-corrected chi connectivity index (χ0v) is 26.0. The molecule has 5 rings (SSSR count). The lowest BCUT2D eigenvalue weighted by Crippen LogP contribution is -2.65. The maximum atomic E-state index is 13.6. The summed E-state index contributed by atoms with van der Waals surface area (Å²) < 4.78 is 23.8. The molecule has 2 saturated heterocycles. The van der Waals surface area contributed by atoms with Crippen molar-refractivity contribution in [2.24, 2.45) is 28.1 Å². The predicted molar refractivity (Wildman–Crippen MR) is 155 cm³/mol. The molecule has 12 nitrogen and oxygen atoms in total. The second-order valence-corrected chi connectivity index (χ2v) is 14.6. The minimum Gasteiger partial charge on any atom is -0.394 e. The summed E-state index contributed by atoms with van der Waals surface area (Å²) in [5.74, 6) is 0.218. The number of rotatable bonds is 7. The van der Waals surface area contributed by atoms with Crippen molar-refractivity contribution in [3.05, 3.63) is 24.3 Å². The van der Waals surface area contributed by atoms with Gasteiger partial charge in [-0.3, -0.25) is 4.79 Å². The Kier molecular flexibility index (Phi) is 9.59. The summed E-state index contributed by atoms with van der Waals surface area (Å²) in [4.78, 5) is 13.6. The molecule has 0 unspecified atom stereocenters. The molecule has 0 amide bonds. The normalized spacial score (nSPS) is 50.8. The highest BCUT2D eigenvalue weighted by Crippen LogP contribution is 2.63. The lowest BCUT2D eigenvalue weighted by Gasteiger charge is -2.61. The Balaban J connectivity index is 1.39. The average Bonchev–Trinajstić information content (AvgIpc) is 2.99. The summed E-state index contributed by atoms with van der Waals surface area (Å²) in [6, 6.07) is 0. The molecule has 5 aliphatic rings. The van der Waals surface area contributed by atoms with Gasteiger partial charge in [0, 0.05) is 11.8 Å². The standard InChI is InChI=1S/C32H50O12/c1-6-31(4)9-7-16-15(12-31)17(35)11-20-30(2,3)21(8-10-32(16,20)5)43-29-27(25(39)23(37)19(14-34)42-29)44-28-26(40)24(38)22(36)18(13-33)41-28/h6,12,16,18-29,33-34,36-40H,1,7-11,13-14H2,2-5H3/t16-,18+,19+,20-,21-,22-,23-,24-,25-,26+,27+,28-,29-,31-,32+/m0/s1. The first-order chi connectivity index (χ1) is 20.6. The van der Waals surface area contributed by atoms with E-state index in [0.29, 0.717) is 12.8 Å². The lowest BCUT2D eigenvalue weighted by atomic mass is 9.44. The highest BCUT2D eigenvalue weighted by Gasteiger charge is 2.61. The van der Waals surface area contributed by atoms with Crippen LogP contribution >= 0.6 is 0 Å². The van der Waals surface area contributed by atoms with Crippen molar-refractivity contribution in [2.45, 2.75) is 127 Å². The van der Waals surface area contributed by atoms with E-state index < -0.39 is 86.1 Å². The van der Waals surface area contributed by atoms with Gasteiger partial charge in [-0.25, -0.2) is 0 Å². The molecule has 7 N–H and O–H groups in total. The van der Waals surface area contributed by atoms with Crippen molar-refractivity contribution < 1.29 is 59.5 Å². The number of carbonyl (C=O) groups is 1. The maximum Gasteiger partial charge on any atom is 0.187 e. The Morgan fingerprint density at radius 1 is 0.864 bits per heavy atom. The molecular weight excluding hydrogens is 576 g/mol. The second-order valence-electron chi connectivity index (χ2n) is 14.6. The van der Waals surface area contributed by atoms with Crippen molar-refractivity contribution >= 4 is 5.78 Å². The van der Waals surface area contributed by atoms with Crippen LogP contribution in [0.25, 0.3) is 0 Å². The van der Waals surface area contributed by atoms with Crippen molar-refractivity contribution in [1.82, 2.24) is 0 Å². The van der Waals surface area contributed by atoms with Crippen LogP contribution in [0.4, 0.5) is 0 Å². The predicted octanol–water partition coefficient (Wildman–Crippen LogP) is -0.0603. The number of ether oxygens (including phenoxy) is 4. The summed E-state index contributed by atoms with van der Waals surface area (Å²) in [5.41, 5.74) is -0.00264.